The van der Waals surface area contributed by atoms with E-state index in [0.717, 1.165) is 0 Å². The van der Waals surface area contributed by atoms with E-state index in [0.29, 0.717) is 22.1 Å². The molecule has 21 heavy (non-hydrogen) atoms. The maximum atomic E-state index is 13.7. The van der Waals surface area contributed by atoms with Gasteiger partial charge >= 0.3 is 0 Å². The summed E-state index contributed by atoms with van der Waals surface area (Å²) >= 11 is 11.9. The zero-order chi connectivity index (χ0) is 15.4. The van der Waals surface area contributed by atoms with Gasteiger partial charge in [-0.15, -0.1) is 0 Å². The predicted molar refractivity (Wildman–Crippen MR) is 79.7 cm³/mol. The van der Waals surface area contributed by atoms with Crippen molar-refractivity contribution in [2.75, 3.05) is 7.11 Å². The van der Waals surface area contributed by atoms with Gasteiger partial charge in [0.2, 0.25) is 0 Å². The summed E-state index contributed by atoms with van der Waals surface area (Å²) in [7, 11) is 1.47. The quantitative estimate of drug-likeness (QED) is 0.892. The number of hydrogen-bond donors (Lipinski definition) is 1. The van der Waals surface area contributed by atoms with Crippen molar-refractivity contribution >= 4 is 23.2 Å². The number of aliphatic hydroxyl groups is 1. The highest BCUT2D eigenvalue weighted by Crippen LogP contribution is 2.34. The van der Waals surface area contributed by atoms with Crippen molar-refractivity contribution in [2.45, 2.75) is 13.2 Å². The number of aliphatic hydroxyl groups excluding tert-OH is 1. The molecule has 0 saturated carbocycles. The van der Waals surface area contributed by atoms with Crippen LogP contribution >= 0.6 is 23.2 Å². The minimum Gasteiger partial charge on any atom is -0.493 e. The Balaban J connectivity index is 2.26. The van der Waals surface area contributed by atoms with Crippen molar-refractivity contribution in [3.05, 3.63) is 57.3 Å². The van der Waals surface area contributed by atoms with Crippen molar-refractivity contribution in [1.29, 1.82) is 0 Å². The molecule has 0 fully saturated rings. The molecule has 0 aliphatic carbocycles. The van der Waals surface area contributed by atoms with Crippen LogP contribution in [0.25, 0.3) is 0 Å². The second kappa shape index (κ2) is 6.98. The van der Waals surface area contributed by atoms with Gasteiger partial charge in [-0.1, -0.05) is 29.3 Å². The van der Waals surface area contributed by atoms with Crippen molar-refractivity contribution in [2.24, 2.45) is 0 Å². The lowest BCUT2D eigenvalue weighted by Gasteiger charge is -2.14. The van der Waals surface area contributed by atoms with E-state index < -0.39 is 5.82 Å². The molecule has 0 amide bonds. The van der Waals surface area contributed by atoms with E-state index >= 15 is 0 Å². The SMILES string of the molecule is COc1cc(CO)c(Cl)cc1OCc1c(F)cccc1Cl. The minimum absolute atomic E-state index is 0.0589. The fourth-order valence-electron chi connectivity index (χ4n) is 1.79. The molecule has 2 aromatic rings. The molecule has 0 heterocycles. The highest BCUT2D eigenvalue weighted by molar-refractivity contribution is 6.31. The average Bonchev–Trinajstić information content (AvgIpc) is 2.47. The molecule has 0 saturated heterocycles. The molecule has 1 N–H and O–H groups in total. The molecule has 0 atom stereocenters. The van der Waals surface area contributed by atoms with Gasteiger partial charge in [-0.2, -0.15) is 0 Å². The Morgan fingerprint density at radius 3 is 2.52 bits per heavy atom. The summed E-state index contributed by atoms with van der Waals surface area (Å²) in [4.78, 5) is 0. The van der Waals surface area contributed by atoms with Crippen molar-refractivity contribution in [3.63, 3.8) is 0 Å². The number of benzene rings is 2. The highest BCUT2D eigenvalue weighted by Gasteiger charge is 2.13. The Morgan fingerprint density at radius 1 is 1.14 bits per heavy atom. The summed E-state index contributed by atoms with van der Waals surface area (Å²) in [6.45, 7) is -0.273. The first-order chi connectivity index (χ1) is 10.1. The highest BCUT2D eigenvalue weighted by atomic mass is 35.5. The predicted octanol–water partition coefficient (Wildman–Crippen LogP) is 4.21. The number of halogens is 3. The molecule has 0 bridgehead atoms. The number of hydrogen-bond acceptors (Lipinski definition) is 3. The standard InChI is InChI=1S/C15H13Cl2FO3/c1-20-14-5-9(7-19)12(17)6-15(14)21-8-10-11(16)3-2-4-13(10)18/h2-6,19H,7-8H2,1H3. The van der Waals surface area contributed by atoms with Gasteiger partial charge in [0.15, 0.2) is 11.5 Å². The first-order valence-corrected chi connectivity index (χ1v) is 6.85. The molecule has 2 rings (SSSR count). The van der Waals surface area contributed by atoms with Crippen molar-refractivity contribution in [3.8, 4) is 11.5 Å². The van der Waals surface area contributed by atoms with Crippen LogP contribution in [0, 0.1) is 5.82 Å². The summed E-state index contributed by atoms with van der Waals surface area (Å²) in [5.74, 6) is 0.300. The average molecular weight is 331 g/mol. The third kappa shape index (κ3) is 3.59. The van der Waals surface area contributed by atoms with Gasteiger partial charge in [-0.25, -0.2) is 4.39 Å². The van der Waals surface area contributed by atoms with Gasteiger partial charge in [-0.05, 0) is 23.8 Å². The molecular formula is C15H13Cl2FO3. The van der Waals surface area contributed by atoms with E-state index in [4.69, 9.17) is 37.8 Å². The van der Waals surface area contributed by atoms with Crippen LogP contribution in [0.5, 0.6) is 11.5 Å². The van der Waals surface area contributed by atoms with Crippen LogP contribution in [0.3, 0.4) is 0 Å². The lowest BCUT2D eigenvalue weighted by atomic mass is 10.2. The first-order valence-electron chi connectivity index (χ1n) is 6.09. The number of ether oxygens (including phenoxy) is 2. The Bertz CT molecular complexity index is 627. The molecule has 0 aliphatic heterocycles. The lowest BCUT2D eigenvalue weighted by molar-refractivity contribution is 0.272. The van der Waals surface area contributed by atoms with E-state index in [1.807, 2.05) is 0 Å². The summed E-state index contributed by atoms with van der Waals surface area (Å²) in [6.07, 6.45) is 0. The van der Waals surface area contributed by atoms with Gasteiger partial charge in [-0.3, -0.25) is 0 Å². The second-order valence-corrected chi connectivity index (χ2v) is 5.06. The largest absolute Gasteiger partial charge is 0.493 e. The van der Waals surface area contributed by atoms with Gasteiger partial charge < -0.3 is 14.6 Å². The van der Waals surface area contributed by atoms with Gasteiger partial charge in [0.1, 0.15) is 12.4 Å². The first kappa shape index (κ1) is 15.9. The summed E-state index contributed by atoms with van der Waals surface area (Å²) < 4.78 is 24.4. The zero-order valence-electron chi connectivity index (χ0n) is 11.2. The van der Waals surface area contributed by atoms with E-state index in [9.17, 15) is 4.39 Å². The van der Waals surface area contributed by atoms with Gasteiger partial charge in [0.05, 0.1) is 23.8 Å². The van der Waals surface area contributed by atoms with E-state index in [-0.39, 0.29) is 23.8 Å². The normalized spacial score (nSPS) is 10.5. The van der Waals surface area contributed by atoms with E-state index in [1.54, 1.807) is 12.1 Å². The van der Waals surface area contributed by atoms with Crippen LogP contribution < -0.4 is 9.47 Å². The van der Waals surface area contributed by atoms with Crippen LogP contribution in [0.2, 0.25) is 10.0 Å². The number of methoxy groups -OCH3 is 1. The summed E-state index contributed by atoms with van der Waals surface area (Å²) in [5.41, 5.74) is 0.772. The van der Waals surface area contributed by atoms with E-state index in [2.05, 4.69) is 0 Å². The molecule has 0 unspecified atom stereocenters. The zero-order valence-corrected chi connectivity index (χ0v) is 12.7. The van der Waals surface area contributed by atoms with Crippen LogP contribution in [0.15, 0.2) is 30.3 Å². The fraction of sp³-hybridized carbons (Fsp3) is 0.200. The molecular weight excluding hydrogens is 318 g/mol. The lowest BCUT2D eigenvalue weighted by Crippen LogP contribution is -2.02. The van der Waals surface area contributed by atoms with Crippen molar-refractivity contribution in [1.82, 2.24) is 0 Å². The van der Waals surface area contributed by atoms with E-state index in [1.165, 1.54) is 25.3 Å². The molecule has 6 heteroatoms. The van der Waals surface area contributed by atoms with Crippen LogP contribution in [-0.4, -0.2) is 12.2 Å². The Labute approximate surface area is 131 Å². The monoisotopic (exact) mass is 330 g/mol. The molecule has 0 aliphatic rings. The third-order valence-electron chi connectivity index (χ3n) is 2.94. The molecule has 2 aromatic carbocycles. The Kier molecular flexibility index (Phi) is 5.28. The minimum atomic E-state index is -0.445. The van der Waals surface area contributed by atoms with Crippen LogP contribution in [0.1, 0.15) is 11.1 Å². The van der Waals surface area contributed by atoms with Crippen LogP contribution in [0.4, 0.5) is 4.39 Å². The third-order valence-corrected chi connectivity index (χ3v) is 3.64. The van der Waals surface area contributed by atoms with Gasteiger partial charge in [0.25, 0.3) is 0 Å². The Hall–Kier alpha value is -1.49. The Morgan fingerprint density at radius 2 is 1.90 bits per heavy atom. The van der Waals surface area contributed by atoms with Gasteiger partial charge in [0, 0.05) is 11.6 Å². The molecule has 112 valence electrons. The maximum absolute atomic E-state index is 13.7. The summed E-state index contributed by atoms with van der Waals surface area (Å²) in [6, 6.07) is 7.50. The van der Waals surface area contributed by atoms with Crippen LogP contribution in [-0.2, 0) is 13.2 Å². The number of rotatable bonds is 5. The summed E-state index contributed by atoms with van der Waals surface area (Å²) in [5, 5.41) is 9.79. The maximum Gasteiger partial charge on any atom is 0.163 e. The molecule has 0 radical (unpaired) electrons. The molecule has 0 aromatic heterocycles. The second-order valence-electron chi connectivity index (χ2n) is 4.24. The smallest absolute Gasteiger partial charge is 0.163 e. The molecule has 3 nitrogen and oxygen atoms in total. The fourth-order valence-corrected chi connectivity index (χ4v) is 2.22. The topological polar surface area (TPSA) is 38.7 Å². The van der Waals surface area contributed by atoms with Crippen molar-refractivity contribution < 1.29 is 19.0 Å². The molecule has 0 spiro atoms.